The molecule has 0 unspecified atom stereocenters. The van der Waals surface area contributed by atoms with Crippen molar-refractivity contribution in [2.75, 3.05) is 11.4 Å². The van der Waals surface area contributed by atoms with Gasteiger partial charge < -0.3 is 9.32 Å². The number of anilines is 1. The van der Waals surface area contributed by atoms with Gasteiger partial charge >= 0.3 is 0 Å². The van der Waals surface area contributed by atoms with Gasteiger partial charge in [-0.25, -0.2) is 9.97 Å². The quantitative estimate of drug-likeness (QED) is 0.706. The minimum Gasteiger partial charge on any atom is -0.448 e. The predicted octanol–water partition coefficient (Wildman–Crippen LogP) is 3.96. The third kappa shape index (κ3) is 2.65. The predicted molar refractivity (Wildman–Crippen MR) is 93.2 cm³/mol. The molecule has 5 nitrogen and oxygen atoms in total. The Morgan fingerprint density at radius 3 is 2.83 bits per heavy atom. The number of hydrogen-bond donors (Lipinski definition) is 0. The maximum Gasteiger partial charge on any atom is 0.181 e. The van der Waals surface area contributed by atoms with E-state index in [4.69, 9.17) is 16.0 Å². The van der Waals surface area contributed by atoms with Gasteiger partial charge in [0.1, 0.15) is 17.3 Å². The summed E-state index contributed by atoms with van der Waals surface area (Å²) in [6, 6.07) is 4.12. The fraction of sp³-hybridized carbons (Fsp3) is 0.278. The van der Waals surface area contributed by atoms with Crippen molar-refractivity contribution in [2.45, 2.75) is 26.8 Å². The normalized spacial score (nSPS) is 13.9. The smallest absolute Gasteiger partial charge is 0.181 e. The van der Waals surface area contributed by atoms with Gasteiger partial charge in [0.25, 0.3) is 0 Å². The van der Waals surface area contributed by atoms with Gasteiger partial charge in [-0.2, -0.15) is 0 Å². The second kappa shape index (κ2) is 5.91. The van der Waals surface area contributed by atoms with E-state index >= 15 is 0 Å². The Bertz CT molecular complexity index is 906. The van der Waals surface area contributed by atoms with Gasteiger partial charge in [-0.1, -0.05) is 17.7 Å². The monoisotopic (exact) mass is 340 g/mol. The van der Waals surface area contributed by atoms with E-state index in [0.717, 1.165) is 52.6 Å². The number of nitrogens with zero attached hydrogens (tertiary/aromatic N) is 4. The summed E-state index contributed by atoms with van der Waals surface area (Å²) < 4.78 is 5.39. The molecule has 3 aromatic heterocycles. The van der Waals surface area contributed by atoms with Crippen LogP contribution in [0.25, 0.3) is 11.3 Å². The number of rotatable bonds is 2. The Balaban J connectivity index is 1.72. The molecule has 0 fully saturated rings. The van der Waals surface area contributed by atoms with Gasteiger partial charge in [0.05, 0.1) is 17.3 Å². The highest BCUT2D eigenvalue weighted by Gasteiger charge is 2.22. The largest absolute Gasteiger partial charge is 0.448 e. The van der Waals surface area contributed by atoms with Crippen LogP contribution in [0.2, 0.25) is 5.02 Å². The highest BCUT2D eigenvalue weighted by Crippen LogP contribution is 2.32. The van der Waals surface area contributed by atoms with Gasteiger partial charge in [0.15, 0.2) is 6.39 Å². The van der Waals surface area contributed by atoms with Gasteiger partial charge in [-0.05, 0) is 31.0 Å². The molecule has 3 aromatic rings. The maximum atomic E-state index is 6.40. The van der Waals surface area contributed by atoms with Crippen molar-refractivity contribution in [3.8, 4) is 11.3 Å². The number of oxazole rings is 1. The molecule has 0 bridgehead atoms. The van der Waals surface area contributed by atoms with E-state index in [2.05, 4.69) is 25.9 Å². The minimum atomic E-state index is 0.609. The third-order valence-corrected chi connectivity index (χ3v) is 4.61. The lowest BCUT2D eigenvalue weighted by Crippen LogP contribution is -2.30. The molecule has 4 rings (SSSR count). The fourth-order valence-electron chi connectivity index (χ4n) is 3.10. The molecular formula is C18H17ClN4O. The van der Waals surface area contributed by atoms with E-state index < -0.39 is 0 Å². The zero-order valence-corrected chi connectivity index (χ0v) is 14.3. The molecule has 1 aliphatic rings. The Kier molecular flexibility index (Phi) is 3.73. The zero-order valence-electron chi connectivity index (χ0n) is 13.6. The van der Waals surface area contributed by atoms with Crippen molar-refractivity contribution in [3.63, 3.8) is 0 Å². The van der Waals surface area contributed by atoms with Crippen LogP contribution in [0.1, 0.15) is 22.6 Å². The molecule has 122 valence electrons. The molecule has 0 aromatic carbocycles. The molecule has 0 spiro atoms. The van der Waals surface area contributed by atoms with E-state index in [1.165, 1.54) is 6.39 Å². The van der Waals surface area contributed by atoms with Crippen LogP contribution in [0.15, 0.2) is 35.3 Å². The summed E-state index contributed by atoms with van der Waals surface area (Å²) in [6.45, 7) is 5.62. The van der Waals surface area contributed by atoms with Crippen LogP contribution in [-0.4, -0.2) is 21.5 Å². The summed E-state index contributed by atoms with van der Waals surface area (Å²) in [7, 11) is 0. The SMILES string of the molecule is Cc1cnc(-c2cc(N3CCc4ocnc4C3)ncc2Cl)c(C)c1. The van der Waals surface area contributed by atoms with Crippen LogP contribution in [-0.2, 0) is 13.0 Å². The fourth-order valence-corrected chi connectivity index (χ4v) is 3.29. The molecule has 0 radical (unpaired) electrons. The van der Waals surface area contributed by atoms with E-state index in [1.54, 1.807) is 6.20 Å². The summed E-state index contributed by atoms with van der Waals surface area (Å²) in [5.41, 5.74) is 5.02. The summed E-state index contributed by atoms with van der Waals surface area (Å²) in [5, 5.41) is 0.609. The lowest BCUT2D eigenvalue weighted by molar-refractivity contribution is 0.487. The van der Waals surface area contributed by atoms with Crippen molar-refractivity contribution < 1.29 is 4.42 Å². The molecule has 6 heteroatoms. The van der Waals surface area contributed by atoms with Crippen LogP contribution in [0, 0.1) is 13.8 Å². The molecule has 1 aliphatic heterocycles. The van der Waals surface area contributed by atoms with E-state index in [1.807, 2.05) is 26.1 Å². The van der Waals surface area contributed by atoms with Crippen LogP contribution < -0.4 is 4.90 Å². The second-order valence-corrected chi connectivity index (χ2v) is 6.50. The topological polar surface area (TPSA) is 55.1 Å². The molecule has 0 saturated heterocycles. The second-order valence-electron chi connectivity index (χ2n) is 6.09. The van der Waals surface area contributed by atoms with E-state index in [-0.39, 0.29) is 0 Å². The van der Waals surface area contributed by atoms with Crippen molar-refractivity contribution in [2.24, 2.45) is 0 Å². The third-order valence-electron chi connectivity index (χ3n) is 4.31. The van der Waals surface area contributed by atoms with Crippen LogP contribution in [0.5, 0.6) is 0 Å². The summed E-state index contributed by atoms with van der Waals surface area (Å²) in [5.74, 6) is 1.85. The summed E-state index contributed by atoms with van der Waals surface area (Å²) in [6.07, 6.45) is 5.90. The number of aromatic nitrogens is 3. The van der Waals surface area contributed by atoms with E-state index in [9.17, 15) is 0 Å². The van der Waals surface area contributed by atoms with Gasteiger partial charge in [0.2, 0.25) is 0 Å². The zero-order chi connectivity index (χ0) is 16.7. The Hall–Kier alpha value is -2.40. The average Bonchev–Trinajstić information content (AvgIpc) is 3.03. The maximum absolute atomic E-state index is 6.40. The van der Waals surface area contributed by atoms with Crippen molar-refractivity contribution >= 4 is 17.4 Å². The Morgan fingerprint density at radius 1 is 1.12 bits per heavy atom. The molecule has 24 heavy (non-hydrogen) atoms. The minimum absolute atomic E-state index is 0.609. The lowest BCUT2D eigenvalue weighted by Gasteiger charge is -2.27. The van der Waals surface area contributed by atoms with Gasteiger partial charge in [-0.15, -0.1) is 0 Å². The number of pyridine rings is 2. The number of hydrogen-bond acceptors (Lipinski definition) is 5. The number of aryl methyl sites for hydroxylation is 2. The lowest BCUT2D eigenvalue weighted by atomic mass is 10.1. The summed E-state index contributed by atoms with van der Waals surface area (Å²) in [4.78, 5) is 15.5. The first-order chi connectivity index (χ1) is 11.6. The van der Waals surface area contributed by atoms with Gasteiger partial charge in [0, 0.05) is 30.9 Å². The average molecular weight is 341 g/mol. The molecule has 0 saturated carbocycles. The molecular weight excluding hydrogens is 324 g/mol. The highest BCUT2D eigenvalue weighted by atomic mass is 35.5. The standard InChI is InChI=1S/C18H17ClN4O/c1-11-5-12(2)18(21-7-11)13-6-17(20-8-14(13)19)23-4-3-16-15(9-23)22-10-24-16/h5-8,10H,3-4,9H2,1-2H3. The Morgan fingerprint density at radius 2 is 2.00 bits per heavy atom. The van der Waals surface area contributed by atoms with Crippen molar-refractivity contribution in [1.82, 2.24) is 15.0 Å². The Labute approximate surface area is 145 Å². The van der Waals surface area contributed by atoms with Crippen LogP contribution >= 0.6 is 11.6 Å². The van der Waals surface area contributed by atoms with Gasteiger partial charge in [-0.3, -0.25) is 4.98 Å². The first-order valence-corrected chi connectivity index (χ1v) is 8.25. The first kappa shape index (κ1) is 15.1. The van der Waals surface area contributed by atoms with Crippen LogP contribution in [0.3, 0.4) is 0 Å². The first-order valence-electron chi connectivity index (χ1n) is 7.87. The number of fused-ring (bicyclic) bond motifs is 1. The van der Waals surface area contributed by atoms with Crippen molar-refractivity contribution in [1.29, 1.82) is 0 Å². The molecule has 0 atom stereocenters. The summed E-state index contributed by atoms with van der Waals surface area (Å²) >= 11 is 6.40. The number of halogens is 1. The molecule has 0 amide bonds. The van der Waals surface area contributed by atoms with E-state index in [0.29, 0.717) is 11.6 Å². The highest BCUT2D eigenvalue weighted by molar-refractivity contribution is 6.33. The molecule has 0 N–H and O–H groups in total. The van der Waals surface area contributed by atoms with Crippen LogP contribution in [0.4, 0.5) is 5.82 Å². The van der Waals surface area contributed by atoms with Crippen molar-refractivity contribution in [3.05, 3.63) is 58.5 Å². The molecule has 4 heterocycles. The molecule has 0 aliphatic carbocycles.